The summed E-state index contributed by atoms with van der Waals surface area (Å²) >= 11 is 0. The van der Waals surface area contributed by atoms with E-state index in [2.05, 4.69) is 10.6 Å². The van der Waals surface area contributed by atoms with Gasteiger partial charge in [0.05, 0.1) is 6.54 Å². The van der Waals surface area contributed by atoms with Crippen molar-refractivity contribution in [1.82, 2.24) is 15.5 Å². The van der Waals surface area contributed by atoms with Gasteiger partial charge in [-0.2, -0.15) is 0 Å². The van der Waals surface area contributed by atoms with Crippen molar-refractivity contribution in [2.75, 3.05) is 19.6 Å². The van der Waals surface area contributed by atoms with Crippen molar-refractivity contribution in [2.24, 2.45) is 5.92 Å². The number of piperidine rings is 1. The van der Waals surface area contributed by atoms with Gasteiger partial charge in [0.2, 0.25) is 11.8 Å². The number of benzene rings is 1. The number of amides is 3. The Labute approximate surface area is 149 Å². The van der Waals surface area contributed by atoms with Crippen molar-refractivity contribution >= 4 is 17.7 Å². The van der Waals surface area contributed by atoms with Gasteiger partial charge in [-0.1, -0.05) is 0 Å². The largest absolute Gasteiger partial charge is 0.353 e. The molecule has 1 saturated heterocycles. The first kappa shape index (κ1) is 18.3. The van der Waals surface area contributed by atoms with E-state index < -0.39 is 17.5 Å². The lowest BCUT2D eigenvalue weighted by Crippen LogP contribution is -2.46. The zero-order valence-electron chi connectivity index (χ0n) is 14.3. The van der Waals surface area contributed by atoms with Crippen molar-refractivity contribution in [3.8, 4) is 0 Å². The molecule has 3 amide bonds. The van der Waals surface area contributed by atoms with Gasteiger partial charge in [0, 0.05) is 36.7 Å². The van der Waals surface area contributed by atoms with E-state index in [-0.39, 0.29) is 29.8 Å². The second kappa shape index (κ2) is 7.80. The molecule has 1 aliphatic heterocycles. The van der Waals surface area contributed by atoms with Crippen LogP contribution in [-0.4, -0.2) is 48.3 Å². The molecule has 0 radical (unpaired) electrons. The Kier molecular flexibility index (Phi) is 5.49. The lowest BCUT2D eigenvalue weighted by Gasteiger charge is -2.31. The summed E-state index contributed by atoms with van der Waals surface area (Å²) in [6, 6.07) is 2.82. The molecular weight excluding hydrogens is 344 g/mol. The van der Waals surface area contributed by atoms with Gasteiger partial charge in [0.15, 0.2) is 0 Å². The number of likely N-dealkylation sites (tertiary alicyclic amines) is 1. The van der Waals surface area contributed by atoms with Gasteiger partial charge < -0.3 is 15.5 Å². The number of halogens is 2. The van der Waals surface area contributed by atoms with E-state index in [9.17, 15) is 23.2 Å². The smallest absolute Gasteiger partial charge is 0.251 e. The third-order valence-corrected chi connectivity index (χ3v) is 4.67. The van der Waals surface area contributed by atoms with Gasteiger partial charge in [-0.15, -0.1) is 0 Å². The summed E-state index contributed by atoms with van der Waals surface area (Å²) in [5, 5.41) is 5.35. The lowest BCUT2D eigenvalue weighted by molar-refractivity contribution is -0.134. The molecule has 2 N–H and O–H groups in total. The maximum atomic E-state index is 13.1. The van der Waals surface area contributed by atoms with Gasteiger partial charge in [0.1, 0.15) is 11.6 Å². The SMILES string of the molecule is O=C(NCC(=O)N1CCC(C(=O)NC2CC2)CC1)c1cc(F)cc(F)c1. The summed E-state index contributed by atoms with van der Waals surface area (Å²) < 4.78 is 26.3. The number of rotatable bonds is 5. The molecule has 1 aromatic carbocycles. The number of nitrogens with one attached hydrogen (secondary N) is 2. The summed E-state index contributed by atoms with van der Waals surface area (Å²) in [4.78, 5) is 37.7. The van der Waals surface area contributed by atoms with Gasteiger partial charge in [-0.3, -0.25) is 14.4 Å². The fourth-order valence-corrected chi connectivity index (χ4v) is 2.99. The average molecular weight is 365 g/mol. The minimum Gasteiger partial charge on any atom is -0.353 e. The second-order valence-electron chi connectivity index (χ2n) is 6.78. The van der Waals surface area contributed by atoms with Gasteiger partial charge in [0.25, 0.3) is 5.91 Å². The van der Waals surface area contributed by atoms with E-state index >= 15 is 0 Å². The van der Waals surface area contributed by atoms with Gasteiger partial charge >= 0.3 is 0 Å². The van der Waals surface area contributed by atoms with Crippen LogP contribution in [0.3, 0.4) is 0 Å². The normalized spacial score (nSPS) is 17.7. The minimum absolute atomic E-state index is 0.0565. The highest BCUT2D eigenvalue weighted by molar-refractivity contribution is 5.96. The van der Waals surface area contributed by atoms with E-state index in [1.807, 2.05) is 0 Å². The number of nitrogens with zero attached hydrogens (tertiary/aromatic N) is 1. The van der Waals surface area contributed by atoms with E-state index in [1.54, 1.807) is 4.90 Å². The van der Waals surface area contributed by atoms with Crippen LogP contribution < -0.4 is 10.6 Å². The molecule has 1 aromatic rings. The lowest BCUT2D eigenvalue weighted by atomic mass is 9.96. The number of carbonyl (C=O) groups excluding carboxylic acids is 3. The molecule has 2 fully saturated rings. The highest BCUT2D eigenvalue weighted by Gasteiger charge is 2.31. The van der Waals surface area contributed by atoms with Crippen LogP contribution in [0.4, 0.5) is 8.78 Å². The fraction of sp³-hybridized carbons (Fsp3) is 0.500. The molecule has 2 aliphatic rings. The van der Waals surface area contributed by atoms with Crippen molar-refractivity contribution < 1.29 is 23.2 Å². The molecule has 0 aromatic heterocycles. The van der Waals surface area contributed by atoms with Crippen molar-refractivity contribution in [3.63, 3.8) is 0 Å². The molecule has 8 heteroatoms. The summed E-state index contributed by atoms with van der Waals surface area (Å²) in [5.74, 6) is -2.72. The van der Waals surface area contributed by atoms with Crippen LogP contribution >= 0.6 is 0 Å². The number of carbonyl (C=O) groups is 3. The highest BCUT2D eigenvalue weighted by atomic mass is 19.1. The predicted molar refractivity (Wildman–Crippen MR) is 89.2 cm³/mol. The van der Waals surface area contributed by atoms with Crippen molar-refractivity contribution in [1.29, 1.82) is 0 Å². The zero-order chi connectivity index (χ0) is 18.7. The first-order chi connectivity index (χ1) is 12.4. The third kappa shape index (κ3) is 4.77. The molecule has 26 heavy (non-hydrogen) atoms. The van der Waals surface area contributed by atoms with Crippen molar-refractivity contribution in [2.45, 2.75) is 31.7 Å². The predicted octanol–water partition coefficient (Wildman–Crippen LogP) is 1.21. The third-order valence-electron chi connectivity index (χ3n) is 4.67. The van der Waals surface area contributed by atoms with E-state index in [4.69, 9.17) is 0 Å². The topological polar surface area (TPSA) is 78.5 Å². The van der Waals surface area contributed by atoms with Crippen LogP contribution in [0.25, 0.3) is 0 Å². The summed E-state index contributed by atoms with van der Waals surface area (Å²) in [6.45, 7) is 0.647. The Morgan fingerprint density at radius 2 is 1.62 bits per heavy atom. The van der Waals surface area contributed by atoms with E-state index in [0.717, 1.165) is 25.0 Å². The first-order valence-corrected chi connectivity index (χ1v) is 8.75. The van der Waals surface area contributed by atoms with Crippen LogP contribution in [-0.2, 0) is 9.59 Å². The fourth-order valence-electron chi connectivity index (χ4n) is 2.99. The van der Waals surface area contributed by atoms with Crippen LogP contribution in [0.15, 0.2) is 18.2 Å². The molecule has 0 atom stereocenters. The molecule has 1 aliphatic carbocycles. The van der Waals surface area contributed by atoms with Gasteiger partial charge in [-0.25, -0.2) is 8.78 Å². The molecule has 0 unspecified atom stereocenters. The zero-order valence-corrected chi connectivity index (χ0v) is 14.3. The maximum absolute atomic E-state index is 13.1. The van der Waals surface area contributed by atoms with Crippen LogP contribution in [0.1, 0.15) is 36.0 Å². The summed E-state index contributed by atoms with van der Waals surface area (Å²) in [6.07, 6.45) is 3.26. The van der Waals surface area contributed by atoms with Crippen LogP contribution in [0, 0.1) is 17.6 Å². The molecule has 6 nitrogen and oxygen atoms in total. The molecule has 3 rings (SSSR count). The first-order valence-electron chi connectivity index (χ1n) is 8.75. The Balaban J connectivity index is 1.43. The molecular formula is C18H21F2N3O3. The monoisotopic (exact) mass is 365 g/mol. The second-order valence-corrected chi connectivity index (χ2v) is 6.78. The molecule has 0 bridgehead atoms. The summed E-state index contributed by atoms with van der Waals surface area (Å²) in [5.41, 5.74) is -0.175. The standard InChI is InChI=1S/C18H21F2N3O3/c19-13-7-12(8-14(20)9-13)17(25)21-10-16(24)23-5-3-11(4-6-23)18(26)22-15-1-2-15/h7-9,11,15H,1-6,10H2,(H,21,25)(H,22,26). The Morgan fingerprint density at radius 3 is 2.19 bits per heavy atom. The van der Waals surface area contributed by atoms with Gasteiger partial charge in [-0.05, 0) is 37.8 Å². The molecule has 1 saturated carbocycles. The van der Waals surface area contributed by atoms with E-state index in [1.165, 1.54) is 0 Å². The number of hydrogen-bond acceptors (Lipinski definition) is 3. The van der Waals surface area contributed by atoms with Crippen LogP contribution in [0.5, 0.6) is 0 Å². The highest BCUT2D eigenvalue weighted by Crippen LogP contribution is 2.22. The Hall–Kier alpha value is -2.51. The van der Waals surface area contributed by atoms with E-state index in [0.29, 0.717) is 38.0 Å². The molecule has 140 valence electrons. The Bertz CT molecular complexity index is 693. The number of hydrogen-bond donors (Lipinski definition) is 2. The average Bonchev–Trinajstić information content (AvgIpc) is 3.42. The quantitative estimate of drug-likeness (QED) is 0.823. The summed E-state index contributed by atoms with van der Waals surface area (Å²) in [7, 11) is 0. The maximum Gasteiger partial charge on any atom is 0.251 e. The molecule has 1 heterocycles. The molecule has 0 spiro atoms. The van der Waals surface area contributed by atoms with Crippen LogP contribution in [0.2, 0.25) is 0 Å². The Morgan fingerprint density at radius 1 is 1.00 bits per heavy atom. The van der Waals surface area contributed by atoms with Crippen molar-refractivity contribution in [3.05, 3.63) is 35.4 Å². The minimum atomic E-state index is -0.854.